The predicted octanol–water partition coefficient (Wildman–Crippen LogP) is 1.77. The van der Waals surface area contributed by atoms with E-state index < -0.39 is 5.91 Å². The molecule has 0 radical (unpaired) electrons. The molecule has 1 atom stereocenters. The number of nitrogens with zero attached hydrogens (tertiary/aromatic N) is 2. The first-order valence-electron chi connectivity index (χ1n) is 8.51. The maximum absolute atomic E-state index is 12.7. The van der Waals surface area contributed by atoms with Crippen LogP contribution in [0.3, 0.4) is 0 Å². The highest BCUT2D eigenvalue weighted by molar-refractivity contribution is 5.93. The molecule has 7 heteroatoms. The number of carbonyl (C=O) groups excluding carboxylic acids is 1. The zero-order valence-corrected chi connectivity index (χ0v) is 14.3. The van der Waals surface area contributed by atoms with Crippen LogP contribution in [0.15, 0.2) is 51.9 Å². The highest BCUT2D eigenvalue weighted by atomic mass is 16.3. The number of fused-ring (bicyclic) bond motifs is 1. The first-order valence-corrected chi connectivity index (χ1v) is 8.51. The van der Waals surface area contributed by atoms with Gasteiger partial charge in [0.25, 0.3) is 5.91 Å². The number of aliphatic hydroxyl groups excluding tert-OH is 1. The van der Waals surface area contributed by atoms with Gasteiger partial charge in [0.2, 0.25) is 0 Å². The Bertz CT molecular complexity index is 1020. The molecule has 0 unspecified atom stereocenters. The summed E-state index contributed by atoms with van der Waals surface area (Å²) in [4.78, 5) is 24.9. The average Bonchev–Trinajstić information content (AvgIpc) is 3.03. The van der Waals surface area contributed by atoms with Crippen molar-refractivity contribution in [3.63, 3.8) is 0 Å². The predicted molar refractivity (Wildman–Crippen MR) is 94.6 cm³/mol. The Kier molecular flexibility index (Phi) is 4.08. The fourth-order valence-electron chi connectivity index (χ4n) is 3.40. The van der Waals surface area contributed by atoms with Gasteiger partial charge in [-0.15, -0.1) is 0 Å². The van der Waals surface area contributed by atoms with Crippen molar-refractivity contribution < 1.29 is 14.3 Å². The van der Waals surface area contributed by atoms with Gasteiger partial charge in [-0.05, 0) is 30.9 Å². The van der Waals surface area contributed by atoms with Gasteiger partial charge in [0.15, 0.2) is 11.2 Å². The van der Waals surface area contributed by atoms with Crippen molar-refractivity contribution in [2.24, 2.45) is 13.0 Å². The van der Waals surface area contributed by atoms with Gasteiger partial charge in [-0.1, -0.05) is 12.1 Å². The lowest BCUT2D eigenvalue weighted by Crippen LogP contribution is -2.41. The quantitative estimate of drug-likeness (QED) is 0.745. The summed E-state index contributed by atoms with van der Waals surface area (Å²) in [5, 5.41) is 17.2. The van der Waals surface area contributed by atoms with Gasteiger partial charge in [0, 0.05) is 24.9 Å². The van der Waals surface area contributed by atoms with E-state index in [-0.39, 0.29) is 29.3 Å². The van der Waals surface area contributed by atoms with Crippen LogP contribution in [0.4, 0.5) is 0 Å². The number of hydrogen-bond acceptors (Lipinski definition) is 5. The van der Waals surface area contributed by atoms with Gasteiger partial charge in [0.05, 0.1) is 23.7 Å². The third-order valence-electron chi connectivity index (χ3n) is 4.85. The molecule has 1 aliphatic rings. The number of aliphatic hydroxyl groups is 1. The van der Waals surface area contributed by atoms with Gasteiger partial charge >= 0.3 is 0 Å². The number of aryl methyl sites for hydroxylation is 1. The fourth-order valence-corrected chi connectivity index (χ4v) is 3.40. The number of aromatic nitrogens is 2. The van der Waals surface area contributed by atoms with E-state index in [1.165, 1.54) is 6.07 Å². The molecule has 134 valence electrons. The van der Waals surface area contributed by atoms with Gasteiger partial charge < -0.3 is 14.8 Å². The van der Waals surface area contributed by atoms with E-state index in [1.807, 2.05) is 6.20 Å². The lowest BCUT2D eigenvalue weighted by molar-refractivity contribution is 0.0232. The standard InChI is InChI=1S/C19H19N3O4/c1-22-10-12(9-20-22)18(11-6-13(23)7-11)21-19(25)17-8-15(24)14-4-2-3-5-16(14)26-17/h2-5,8-11,13,18,23H,6-7H2,1H3,(H,21,25)/t11?,13?,18-/m0/s1. The summed E-state index contributed by atoms with van der Waals surface area (Å²) >= 11 is 0. The van der Waals surface area contributed by atoms with Crippen molar-refractivity contribution >= 4 is 16.9 Å². The molecule has 0 aliphatic heterocycles. The van der Waals surface area contributed by atoms with Crippen LogP contribution in [0.5, 0.6) is 0 Å². The molecule has 2 aromatic heterocycles. The molecule has 1 aromatic carbocycles. The fraction of sp³-hybridized carbons (Fsp3) is 0.316. The minimum absolute atomic E-state index is 0.0255. The number of para-hydroxylation sites is 1. The van der Waals surface area contributed by atoms with Crippen molar-refractivity contribution in [2.45, 2.75) is 25.0 Å². The van der Waals surface area contributed by atoms with E-state index in [0.29, 0.717) is 23.8 Å². The average molecular weight is 353 g/mol. The molecule has 3 aromatic rings. The van der Waals surface area contributed by atoms with Crippen LogP contribution in [-0.4, -0.2) is 26.9 Å². The minimum atomic E-state index is -0.455. The van der Waals surface area contributed by atoms with E-state index in [0.717, 1.165) is 5.56 Å². The van der Waals surface area contributed by atoms with E-state index >= 15 is 0 Å². The maximum Gasteiger partial charge on any atom is 0.287 e. The van der Waals surface area contributed by atoms with E-state index in [1.54, 1.807) is 42.2 Å². The first-order chi connectivity index (χ1) is 12.5. The van der Waals surface area contributed by atoms with Gasteiger partial charge in [-0.25, -0.2) is 0 Å². The van der Waals surface area contributed by atoms with Crippen LogP contribution in [0.25, 0.3) is 11.0 Å². The second-order valence-electron chi connectivity index (χ2n) is 6.75. The van der Waals surface area contributed by atoms with E-state index in [4.69, 9.17) is 4.42 Å². The Morgan fingerprint density at radius 2 is 2.15 bits per heavy atom. The second kappa shape index (κ2) is 6.42. The molecule has 2 heterocycles. The zero-order valence-electron chi connectivity index (χ0n) is 14.3. The molecule has 1 aliphatic carbocycles. The molecule has 7 nitrogen and oxygen atoms in total. The lowest BCUT2D eigenvalue weighted by atomic mass is 9.75. The van der Waals surface area contributed by atoms with Crippen molar-refractivity contribution in [1.82, 2.24) is 15.1 Å². The number of rotatable bonds is 4. The van der Waals surface area contributed by atoms with Crippen LogP contribution in [0, 0.1) is 5.92 Å². The van der Waals surface area contributed by atoms with Crippen LogP contribution >= 0.6 is 0 Å². The number of amides is 1. The van der Waals surface area contributed by atoms with Crippen LogP contribution in [0.2, 0.25) is 0 Å². The summed E-state index contributed by atoms with van der Waals surface area (Å²) in [6.45, 7) is 0. The summed E-state index contributed by atoms with van der Waals surface area (Å²) in [7, 11) is 1.81. The molecular weight excluding hydrogens is 334 g/mol. The smallest absolute Gasteiger partial charge is 0.287 e. The van der Waals surface area contributed by atoms with Crippen LogP contribution in [-0.2, 0) is 7.05 Å². The summed E-state index contributed by atoms with van der Waals surface area (Å²) in [6.07, 6.45) is 4.43. The number of carbonyl (C=O) groups is 1. The van der Waals surface area contributed by atoms with Crippen molar-refractivity contribution in [3.8, 4) is 0 Å². The Balaban J connectivity index is 1.63. The molecule has 26 heavy (non-hydrogen) atoms. The zero-order chi connectivity index (χ0) is 18.3. The Morgan fingerprint density at radius 3 is 2.85 bits per heavy atom. The SMILES string of the molecule is Cn1cc([C@@H](NC(=O)c2cc(=O)c3ccccc3o2)C2CC(O)C2)cn1. The molecule has 0 saturated heterocycles. The van der Waals surface area contributed by atoms with E-state index in [9.17, 15) is 14.7 Å². The molecule has 1 saturated carbocycles. The monoisotopic (exact) mass is 353 g/mol. The first kappa shape index (κ1) is 16.5. The largest absolute Gasteiger partial charge is 0.451 e. The van der Waals surface area contributed by atoms with Crippen LogP contribution in [0.1, 0.15) is 35.0 Å². The molecule has 1 fully saturated rings. The highest BCUT2D eigenvalue weighted by Crippen LogP contribution is 2.38. The highest BCUT2D eigenvalue weighted by Gasteiger charge is 2.36. The summed E-state index contributed by atoms with van der Waals surface area (Å²) in [5.41, 5.74) is 0.983. The molecule has 0 bridgehead atoms. The van der Waals surface area contributed by atoms with Crippen molar-refractivity contribution in [3.05, 3.63) is 64.3 Å². The van der Waals surface area contributed by atoms with Gasteiger partial charge in [0.1, 0.15) is 5.58 Å². The minimum Gasteiger partial charge on any atom is -0.451 e. The normalized spacial score (nSPS) is 20.5. The van der Waals surface area contributed by atoms with Gasteiger partial charge in [-0.3, -0.25) is 14.3 Å². The summed E-state index contributed by atoms with van der Waals surface area (Å²) in [6, 6.07) is 7.75. The third-order valence-corrected chi connectivity index (χ3v) is 4.85. The molecular formula is C19H19N3O4. The Morgan fingerprint density at radius 1 is 1.38 bits per heavy atom. The summed E-state index contributed by atoms with van der Waals surface area (Å²) in [5.74, 6) is -0.365. The topological polar surface area (TPSA) is 97.4 Å². The summed E-state index contributed by atoms with van der Waals surface area (Å²) < 4.78 is 7.28. The van der Waals surface area contributed by atoms with Crippen molar-refractivity contribution in [2.75, 3.05) is 0 Å². The molecule has 1 amide bonds. The molecule has 4 rings (SSSR count). The Hall–Kier alpha value is -2.93. The number of nitrogens with one attached hydrogen (secondary N) is 1. The van der Waals surface area contributed by atoms with Gasteiger partial charge in [-0.2, -0.15) is 5.10 Å². The number of hydrogen-bond donors (Lipinski definition) is 2. The second-order valence-corrected chi connectivity index (χ2v) is 6.75. The molecule has 0 spiro atoms. The maximum atomic E-state index is 12.7. The lowest BCUT2D eigenvalue weighted by Gasteiger charge is -2.37. The number of benzene rings is 1. The van der Waals surface area contributed by atoms with Crippen molar-refractivity contribution in [1.29, 1.82) is 0 Å². The third kappa shape index (κ3) is 3.01. The van der Waals surface area contributed by atoms with Crippen LogP contribution < -0.4 is 10.7 Å². The Labute approximate surface area is 149 Å². The molecule has 2 N–H and O–H groups in total. The van der Waals surface area contributed by atoms with E-state index in [2.05, 4.69) is 10.4 Å².